The van der Waals surface area contributed by atoms with E-state index in [1.165, 1.54) is 0 Å². The number of hydrogen-bond acceptors (Lipinski definition) is 3. The summed E-state index contributed by atoms with van der Waals surface area (Å²) in [4.78, 5) is 23.3. The summed E-state index contributed by atoms with van der Waals surface area (Å²) in [5.41, 5.74) is 0.542. The highest BCUT2D eigenvalue weighted by molar-refractivity contribution is 6.30. The summed E-state index contributed by atoms with van der Waals surface area (Å²) in [6.45, 7) is 2.33. The monoisotopic (exact) mass is 312 g/mol. The van der Waals surface area contributed by atoms with E-state index in [4.69, 9.17) is 16.7 Å². The largest absolute Gasteiger partial charge is 0.396 e. The predicted octanol–water partition coefficient (Wildman–Crippen LogP) is 1.74. The van der Waals surface area contributed by atoms with Gasteiger partial charge in [-0.3, -0.25) is 9.59 Å². The van der Waals surface area contributed by atoms with E-state index in [0.717, 1.165) is 0 Å². The van der Waals surface area contributed by atoms with Crippen LogP contribution in [0, 0.1) is 0 Å². The Bertz CT molecular complexity index is 462. The number of hydrogen-bond donors (Lipinski definition) is 3. The second-order valence-electron chi connectivity index (χ2n) is 4.85. The highest BCUT2D eigenvalue weighted by Gasteiger charge is 2.08. The number of rotatable bonds is 8. The van der Waals surface area contributed by atoms with Gasteiger partial charge in [0.1, 0.15) is 0 Å². The van der Waals surface area contributed by atoms with Crippen LogP contribution in [0.4, 0.5) is 0 Å². The van der Waals surface area contributed by atoms with E-state index in [0.29, 0.717) is 36.4 Å². The second-order valence-corrected chi connectivity index (χ2v) is 5.28. The van der Waals surface area contributed by atoms with Crippen molar-refractivity contribution in [1.82, 2.24) is 10.6 Å². The van der Waals surface area contributed by atoms with Crippen molar-refractivity contribution in [3.05, 3.63) is 34.9 Å². The lowest BCUT2D eigenvalue weighted by molar-refractivity contribution is -0.121. The summed E-state index contributed by atoms with van der Waals surface area (Å²) in [6, 6.07) is 6.59. The van der Waals surface area contributed by atoms with Crippen molar-refractivity contribution < 1.29 is 14.7 Å². The molecule has 6 heteroatoms. The third-order valence-electron chi connectivity index (χ3n) is 2.94. The lowest BCUT2D eigenvalue weighted by Crippen LogP contribution is -2.33. The third kappa shape index (κ3) is 7.11. The van der Waals surface area contributed by atoms with Gasteiger partial charge in [0.15, 0.2) is 0 Å². The summed E-state index contributed by atoms with van der Waals surface area (Å²) in [6.07, 6.45) is 1.45. The van der Waals surface area contributed by atoms with E-state index in [-0.39, 0.29) is 24.5 Å². The Morgan fingerprint density at radius 1 is 1.29 bits per heavy atom. The molecule has 0 bridgehead atoms. The van der Waals surface area contributed by atoms with Crippen molar-refractivity contribution in [2.75, 3.05) is 13.2 Å². The van der Waals surface area contributed by atoms with Crippen LogP contribution < -0.4 is 10.6 Å². The average Bonchev–Trinajstić information content (AvgIpc) is 2.44. The molecule has 1 aromatic carbocycles. The molecule has 0 fully saturated rings. The minimum absolute atomic E-state index is 0.0360. The molecule has 21 heavy (non-hydrogen) atoms. The molecule has 2 amide bonds. The van der Waals surface area contributed by atoms with Gasteiger partial charge < -0.3 is 15.7 Å². The first-order valence-corrected chi connectivity index (χ1v) is 7.34. The molecule has 0 heterocycles. The van der Waals surface area contributed by atoms with Gasteiger partial charge in [0, 0.05) is 36.2 Å². The number of amides is 2. The second kappa shape index (κ2) is 9.37. The van der Waals surface area contributed by atoms with Crippen LogP contribution in [0.2, 0.25) is 5.02 Å². The van der Waals surface area contributed by atoms with Crippen molar-refractivity contribution in [3.8, 4) is 0 Å². The lowest BCUT2D eigenvalue weighted by Gasteiger charge is -2.12. The number of benzene rings is 1. The van der Waals surface area contributed by atoms with Crippen LogP contribution in [0.5, 0.6) is 0 Å². The van der Waals surface area contributed by atoms with Crippen molar-refractivity contribution in [3.63, 3.8) is 0 Å². The normalized spacial score (nSPS) is 11.8. The highest BCUT2D eigenvalue weighted by atomic mass is 35.5. The minimum atomic E-state index is -0.180. The molecule has 5 nitrogen and oxygen atoms in total. The van der Waals surface area contributed by atoms with Gasteiger partial charge in [-0.25, -0.2) is 0 Å². The van der Waals surface area contributed by atoms with Gasteiger partial charge >= 0.3 is 0 Å². The van der Waals surface area contributed by atoms with Crippen molar-refractivity contribution in [1.29, 1.82) is 0 Å². The molecule has 0 aromatic heterocycles. The van der Waals surface area contributed by atoms with Gasteiger partial charge in [-0.1, -0.05) is 11.6 Å². The van der Waals surface area contributed by atoms with Crippen LogP contribution in [0.3, 0.4) is 0 Å². The zero-order valence-electron chi connectivity index (χ0n) is 12.1. The molecule has 1 atom stereocenters. The van der Waals surface area contributed by atoms with Crippen LogP contribution in [-0.2, 0) is 4.79 Å². The van der Waals surface area contributed by atoms with Gasteiger partial charge in [-0.2, -0.15) is 0 Å². The summed E-state index contributed by atoms with van der Waals surface area (Å²) < 4.78 is 0. The Hall–Kier alpha value is -1.59. The molecule has 3 N–H and O–H groups in total. The van der Waals surface area contributed by atoms with Crippen LogP contribution in [0.25, 0.3) is 0 Å². The highest BCUT2D eigenvalue weighted by Crippen LogP contribution is 2.09. The van der Waals surface area contributed by atoms with Gasteiger partial charge in [-0.05, 0) is 44.0 Å². The SMILES string of the molecule is CC(CCO)NC(=O)CCCNC(=O)c1ccc(Cl)cc1. The van der Waals surface area contributed by atoms with Gasteiger partial charge in [0.2, 0.25) is 5.91 Å². The number of aliphatic hydroxyl groups is 1. The fourth-order valence-electron chi connectivity index (χ4n) is 1.77. The van der Waals surface area contributed by atoms with Crippen molar-refractivity contribution in [2.45, 2.75) is 32.2 Å². The summed E-state index contributed by atoms with van der Waals surface area (Å²) in [7, 11) is 0. The van der Waals surface area contributed by atoms with E-state index >= 15 is 0 Å². The van der Waals surface area contributed by atoms with Gasteiger partial charge in [0.25, 0.3) is 5.91 Å². The fraction of sp³-hybridized carbons (Fsp3) is 0.467. The van der Waals surface area contributed by atoms with E-state index in [1.807, 2.05) is 6.92 Å². The first-order valence-electron chi connectivity index (χ1n) is 6.97. The maximum Gasteiger partial charge on any atom is 0.251 e. The molecule has 1 rings (SSSR count). The topological polar surface area (TPSA) is 78.4 Å². The molecular weight excluding hydrogens is 292 g/mol. The quantitative estimate of drug-likeness (QED) is 0.640. The molecule has 0 saturated carbocycles. The van der Waals surface area contributed by atoms with Crippen LogP contribution in [0.15, 0.2) is 24.3 Å². The number of carbonyl (C=O) groups is 2. The van der Waals surface area contributed by atoms with Crippen LogP contribution in [0.1, 0.15) is 36.5 Å². The first kappa shape index (κ1) is 17.5. The molecule has 1 aromatic rings. The number of halogens is 1. The Morgan fingerprint density at radius 3 is 2.57 bits per heavy atom. The average molecular weight is 313 g/mol. The smallest absolute Gasteiger partial charge is 0.251 e. The number of aliphatic hydroxyl groups excluding tert-OH is 1. The zero-order valence-corrected chi connectivity index (χ0v) is 12.8. The molecule has 1 unspecified atom stereocenters. The van der Waals surface area contributed by atoms with E-state index in [1.54, 1.807) is 24.3 Å². The Morgan fingerprint density at radius 2 is 1.95 bits per heavy atom. The molecule has 0 spiro atoms. The molecule has 0 aliphatic carbocycles. The lowest BCUT2D eigenvalue weighted by atomic mass is 10.2. The summed E-state index contributed by atoms with van der Waals surface area (Å²) in [5, 5.41) is 14.9. The first-order chi connectivity index (χ1) is 10.0. The Balaban J connectivity index is 2.20. The maximum absolute atomic E-state index is 11.8. The zero-order chi connectivity index (χ0) is 15.7. The van der Waals surface area contributed by atoms with Crippen LogP contribution in [-0.4, -0.2) is 36.1 Å². The van der Waals surface area contributed by atoms with Crippen molar-refractivity contribution in [2.24, 2.45) is 0 Å². The molecule has 0 radical (unpaired) electrons. The predicted molar refractivity (Wildman–Crippen MR) is 82.3 cm³/mol. The minimum Gasteiger partial charge on any atom is -0.396 e. The standard InChI is InChI=1S/C15H21ClN2O3/c1-11(8-10-19)18-14(20)3-2-9-17-15(21)12-4-6-13(16)7-5-12/h4-7,11,19H,2-3,8-10H2,1H3,(H,17,21)(H,18,20). The molecule has 0 aliphatic rings. The van der Waals surface area contributed by atoms with E-state index in [2.05, 4.69) is 10.6 Å². The number of carbonyl (C=O) groups excluding carboxylic acids is 2. The van der Waals surface area contributed by atoms with Gasteiger partial charge in [-0.15, -0.1) is 0 Å². The van der Waals surface area contributed by atoms with Crippen molar-refractivity contribution >= 4 is 23.4 Å². The fourth-order valence-corrected chi connectivity index (χ4v) is 1.89. The van der Waals surface area contributed by atoms with E-state index < -0.39 is 0 Å². The molecule has 116 valence electrons. The number of nitrogens with one attached hydrogen (secondary N) is 2. The third-order valence-corrected chi connectivity index (χ3v) is 3.19. The molecular formula is C15H21ClN2O3. The van der Waals surface area contributed by atoms with Gasteiger partial charge in [0.05, 0.1) is 0 Å². The van der Waals surface area contributed by atoms with E-state index in [9.17, 15) is 9.59 Å². The Kier molecular flexibility index (Phi) is 7.79. The van der Waals surface area contributed by atoms with Crippen LogP contribution >= 0.6 is 11.6 Å². The molecule has 0 aliphatic heterocycles. The summed E-state index contributed by atoms with van der Waals surface area (Å²) >= 11 is 5.75. The maximum atomic E-state index is 11.8. The molecule has 0 saturated heterocycles. The summed E-state index contributed by atoms with van der Waals surface area (Å²) in [5.74, 6) is -0.252. The Labute approximate surface area is 129 Å².